The number of phenolic OH excluding ortho intramolecular Hbond substituents is 1. The van der Waals surface area contributed by atoms with E-state index >= 15 is 0 Å². The number of carboxylic acids is 1. The van der Waals surface area contributed by atoms with Gasteiger partial charge in [0.15, 0.2) is 5.96 Å². The molecule has 12 nitrogen and oxygen atoms in total. The third-order valence-electron chi connectivity index (χ3n) is 5.96. The minimum Gasteiger partial charge on any atom is -0.507 e. The van der Waals surface area contributed by atoms with E-state index in [0.29, 0.717) is 24.9 Å². The molecule has 2 aromatic rings. The highest BCUT2D eigenvalue weighted by Crippen LogP contribution is 2.40. The Morgan fingerprint density at radius 3 is 2.68 bits per heavy atom. The van der Waals surface area contributed by atoms with Crippen LogP contribution in [0, 0.1) is 0 Å². The Kier molecular flexibility index (Phi) is 8.29. The predicted octanol–water partition coefficient (Wildman–Crippen LogP) is 0.358. The van der Waals surface area contributed by atoms with Crippen molar-refractivity contribution in [3.05, 3.63) is 59.7 Å². The molecule has 1 aliphatic heterocycles. The Bertz CT molecular complexity index is 1160. The molecule has 0 spiro atoms. The Balaban J connectivity index is 1.21. The predicted molar refractivity (Wildman–Crippen MR) is 135 cm³/mol. The van der Waals surface area contributed by atoms with Gasteiger partial charge in [-0.05, 0) is 24.1 Å². The van der Waals surface area contributed by atoms with Crippen molar-refractivity contribution in [3.63, 3.8) is 0 Å². The van der Waals surface area contributed by atoms with Crippen LogP contribution in [0.4, 0.5) is 4.79 Å². The van der Waals surface area contributed by atoms with Gasteiger partial charge in [0.25, 0.3) is 5.91 Å². The molecule has 0 aromatic heterocycles. The van der Waals surface area contributed by atoms with E-state index in [0.717, 1.165) is 25.1 Å². The minimum atomic E-state index is -1.35. The number of carbonyl (C=O) groups is 3. The van der Waals surface area contributed by atoms with Gasteiger partial charge in [-0.2, -0.15) is 0 Å². The number of benzene rings is 2. The monoisotopic (exact) mass is 510 g/mol. The maximum absolute atomic E-state index is 12.5. The quantitative estimate of drug-likeness (QED) is 0.212. The van der Waals surface area contributed by atoms with E-state index in [1.807, 2.05) is 30.3 Å². The normalized spacial score (nSPS) is 18.5. The zero-order valence-corrected chi connectivity index (χ0v) is 20.1. The van der Waals surface area contributed by atoms with Crippen LogP contribution in [-0.2, 0) is 4.79 Å². The SMILES string of the molecule is O=C(N[C@@H](CNC(=O)c1ccc(OCCNC2=NCCN2)cc1O)C(=O)O)N[C@H]1C[C@@H]1c1ccccc1. The van der Waals surface area contributed by atoms with Crippen molar-refractivity contribution >= 4 is 23.9 Å². The van der Waals surface area contributed by atoms with Crippen LogP contribution in [0.2, 0.25) is 0 Å². The summed E-state index contributed by atoms with van der Waals surface area (Å²) in [5.74, 6) is -1.02. The molecule has 1 aliphatic carbocycles. The average Bonchev–Trinajstić information content (AvgIpc) is 3.44. The van der Waals surface area contributed by atoms with E-state index in [9.17, 15) is 24.6 Å². The van der Waals surface area contributed by atoms with Crippen molar-refractivity contribution in [1.82, 2.24) is 26.6 Å². The smallest absolute Gasteiger partial charge is 0.328 e. The minimum absolute atomic E-state index is 0.0488. The fourth-order valence-electron chi connectivity index (χ4n) is 3.93. The van der Waals surface area contributed by atoms with Crippen LogP contribution in [-0.4, -0.2) is 78.9 Å². The number of hydrogen-bond donors (Lipinski definition) is 7. The van der Waals surface area contributed by atoms with Gasteiger partial charge in [0.2, 0.25) is 0 Å². The number of rotatable bonds is 11. The highest BCUT2D eigenvalue weighted by atomic mass is 16.5. The molecule has 7 N–H and O–H groups in total. The summed E-state index contributed by atoms with van der Waals surface area (Å²) >= 11 is 0. The van der Waals surface area contributed by atoms with E-state index < -0.39 is 23.9 Å². The zero-order valence-electron chi connectivity index (χ0n) is 20.1. The highest BCUT2D eigenvalue weighted by molar-refractivity contribution is 5.97. The molecule has 1 heterocycles. The van der Waals surface area contributed by atoms with E-state index in [4.69, 9.17) is 4.74 Å². The van der Waals surface area contributed by atoms with Crippen molar-refractivity contribution in [3.8, 4) is 11.5 Å². The maximum Gasteiger partial charge on any atom is 0.328 e. The molecule has 0 saturated heterocycles. The van der Waals surface area contributed by atoms with E-state index in [1.54, 1.807) is 0 Å². The van der Waals surface area contributed by atoms with Crippen LogP contribution in [0.1, 0.15) is 28.3 Å². The first-order valence-electron chi connectivity index (χ1n) is 12.0. The Morgan fingerprint density at radius 2 is 1.97 bits per heavy atom. The van der Waals surface area contributed by atoms with Gasteiger partial charge in [-0.25, -0.2) is 9.59 Å². The second-order valence-electron chi connectivity index (χ2n) is 8.69. The number of guanidine groups is 1. The van der Waals surface area contributed by atoms with E-state index in [-0.39, 0.29) is 29.8 Å². The molecule has 3 amide bonds. The number of aliphatic carboxylic acids is 1. The Hall–Kier alpha value is -4.48. The van der Waals surface area contributed by atoms with Crippen molar-refractivity contribution in [2.45, 2.75) is 24.4 Å². The molecule has 196 valence electrons. The number of ether oxygens (including phenoxy) is 1. The largest absolute Gasteiger partial charge is 0.507 e. The number of phenols is 1. The number of hydrogen-bond acceptors (Lipinski definition) is 8. The summed E-state index contributed by atoms with van der Waals surface area (Å²) < 4.78 is 5.56. The van der Waals surface area contributed by atoms with Gasteiger partial charge in [-0.15, -0.1) is 0 Å². The van der Waals surface area contributed by atoms with Gasteiger partial charge in [-0.1, -0.05) is 30.3 Å². The molecule has 3 atom stereocenters. The fourth-order valence-corrected chi connectivity index (χ4v) is 3.93. The second kappa shape index (κ2) is 12.0. The molecule has 2 aliphatic rings. The summed E-state index contributed by atoms with van der Waals surface area (Å²) in [5.41, 5.74) is 1.06. The van der Waals surface area contributed by atoms with E-state index in [1.165, 1.54) is 18.2 Å². The van der Waals surface area contributed by atoms with Gasteiger partial charge < -0.3 is 41.5 Å². The summed E-state index contributed by atoms with van der Waals surface area (Å²) in [5, 5.41) is 33.5. The fraction of sp³-hybridized carbons (Fsp3) is 0.360. The third kappa shape index (κ3) is 7.26. The number of amides is 3. The van der Waals surface area contributed by atoms with Gasteiger partial charge in [0.1, 0.15) is 24.1 Å². The number of urea groups is 1. The molecular formula is C25H30N6O6. The maximum atomic E-state index is 12.5. The number of carboxylic acid groups (broad SMARTS) is 1. The van der Waals surface area contributed by atoms with Gasteiger partial charge in [0, 0.05) is 31.1 Å². The first kappa shape index (κ1) is 25.6. The highest BCUT2D eigenvalue weighted by Gasteiger charge is 2.39. The summed E-state index contributed by atoms with van der Waals surface area (Å²) in [6.07, 6.45) is 0.772. The van der Waals surface area contributed by atoms with Gasteiger partial charge in [0.05, 0.1) is 18.7 Å². The molecule has 1 fully saturated rings. The lowest BCUT2D eigenvalue weighted by Gasteiger charge is -2.16. The topological polar surface area (TPSA) is 173 Å². The second-order valence-corrected chi connectivity index (χ2v) is 8.69. The molecule has 12 heteroatoms. The van der Waals surface area contributed by atoms with Gasteiger partial charge in [-0.3, -0.25) is 9.79 Å². The number of nitrogens with zero attached hydrogens (tertiary/aromatic N) is 1. The molecule has 4 rings (SSSR count). The number of aliphatic imine (C=N–C) groups is 1. The van der Waals surface area contributed by atoms with Crippen LogP contribution in [0.3, 0.4) is 0 Å². The van der Waals surface area contributed by atoms with Crippen LogP contribution >= 0.6 is 0 Å². The third-order valence-corrected chi connectivity index (χ3v) is 5.96. The molecule has 0 radical (unpaired) electrons. The molecule has 2 aromatic carbocycles. The molecule has 0 unspecified atom stereocenters. The average molecular weight is 511 g/mol. The lowest BCUT2D eigenvalue weighted by molar-refractivity contribution is -0.139. The van der Waals surface area contributed by atoms with Crippen molar-refractivity contribution < 1.29 is 29.3 Å². The molecule has 1 saturated carbocycles. The molecule has 37 heavy (non-hydrogen) atoms. The first-order chi connectivity index (χ1) is 17.9. The standard InChI is InChI=1S/C25H30N6O6/c32-21-12-16(37-11-10-28-24-26-8-9-27-24)6-7-17(21)22(33)29-14-20(23(34)35)31-25(36)30-19-13-18(19)15-4-2-1-3-5-15/h1-7,12,18-20,32H,8-11,13-14H2,(H,29,33)(H,34,35)(H2,26,27,28)(H2,30,31,36)/t18-,19+,20+/m1/s1. The Labute approximate surface area is 213 Å². The van der Waals surface area contributed by atoms with Crippen molar-refractivity contribution in [2.75, 3.05) is 32.8 Å². The summed E-state index contributed by atoms with van der Waals surface area (Å²) in [7, 11) is 0. The lowest BCUT2D eigenvalue weighted by Crippen LogP contribution is -2.52. The van der Waals surface area contributed by atoms with Crippen LogP contribution < -0.4 is 31.3 Å². The summed E-state index contributed by atoms with van der Waals surface area (Å²) in [6.45, 7) is 1.97. The molecule has 0 bridgehead atoms. The Morgan fingerprint density at radius 1 is 1.16 bits per heavy atom. The van der Waals surface area contributed by atoms with Crippen molar-refractivity contribution in [2.24, 2.45) is 4.99 Å². The van der Waals surface area contributed by atoms with E-state index in [2.05, 4.69) is 31.6 Å². The number of nitrogens with one attached hydrogen (secondary N) is 5. The number of carbonyl (C=O) groups excluding carboxylic acids is 2. The lowest BCUT2D eigenvalue weighted by atomic mass is 10.1. The van der Waals surface area contributed by atoms with Crippen LogP contribution in [0.25, 0.3) is 0 Å². The van der Waals surface area contributed by atoms with Gasteiger partial charge >= 0.3 is 12.0 Å². The van der Waals surface area contributed by atoms with Crippen LogP contribution in [0.15, 0.2) is 53.5 Å². The number of aromatic hydroxyl groups is 1. The zero-order chi connectivity index (χ0) is 26.2. The summed E-state index contributed by atoms with van der Waals surface area (Å²) in [6, 6.07) is 11.9. The first-order valence-corrected chi connectivity index (χ1v) is 12.0. The molecular weight excluding hydrogens is 480 g/mol. The van der Waals surface area contributed by atoms with Crippen LogP contribution in [0.5, 0.6) is 11.5 Å². The van der Waals surface area contributed by atoms with Crippen molar-refractivity contribution in [1.29, 1.82) is 0 Å². The summed E-state index contributed by atoms with van der Waals surface area (Å²) in [4.78, 5) is 40.6.